The Balaban J connectivity index is 2.26. The second-order valence-electron chi connectivity index (χ2n) is 4.48. The lowest BCUT2D eigenvalue weighted by atomic mass is 9.95. The van der Waals surface area contributed by atoms with E-state index in [1.165, 1.54) is 12.8 Å². The average molecular weight is 259 g/mol. The lowest BCUT2D eigenvalue weighted by Gasteiger charge is -2.20. The van der Waals surface area contributed by atoms with Gasteiger partial charge in [-0.1, -0.05) is 18.5 Å². The normalized spacial score (nSPS) is 19.2. The molecule has 0 spiro atoms. The van der Waals surface area contributed by atoms with Crippen molar-refractivity contribution in [3.63, 3.8) is 0 Å². The van der Waals surface area contributed by atoms with Gasteiger partial charge in [0.15, 0.2) is 0 Å². The summed E-state index contributed by atoms with van der Waals surface area (Å²) < 4.78 is 5.33. The molecule has 0 N–H and O–H groups in total. The molecule has 1 nitrogen and oxygen atoms in total. The quantitative estimate of drug-likeness (QED) is 0.713. The van der Waals surface area contributed by atoms with Crippen LogP contribution in [0, 0.1) is 11.8 Å². The lowest BCUT2D eigenvalue weighted by Crippen LogP contribution is -2.07. The molecule has 1 aromatic rings. The molecule has 0 amide bonds. The Morgan fingerprint density at radius 2 is 2.06 bits per heavy atom. The summed E-state index contributed by atoms with van der Waals surface area (Å²) in [6.45, 7) is 2.20. The molecule has 0 heterocycles. The molecule has 3 heteroatoms. The summed E-state index contributed by atoms with van der Waals surface area (Å²) in [5.74, 6) is 2.08. The van der Waals surface area contributed by atoms with Gasteiger partial charge in [-0.2, -0.15) is 0 Å². The Morgan fingerprint density at radius 3 is 2.62 bits per heavy atom. The van der Waals surface area contributed by atoms with Gasteiger partial charge >= 0.3 is 0 Å². The molecule has 0 bridgehead atoms. The number of alkyl halides is 1. The average Bonchev–Trinajstić information content (AvgIpc) is 3.11. The maximum Gasteiger partial charge on any atom is 0.123 e. The van der Waals surface area contributed by atoms with E-state index in [1.807, 2.05) is 18.2 Å². The molecule has 2 unspecified atom stereocenters. The number of hydrogen-bond donors (Lipinski definition) is 0. The molecule has 1 aliphatic carbocycles. The van der Waals surface area contributed by atoms with E-state index in [2.05, 4.69) is 6.92 Å². The first kappa shape index (κ1) is 12.1. The zero-order valence-corrected chi connectivity index (χ0v) is 11.1. The fraction of sp³-hybridized carbons (Fsp3) is 0.538. The Morgan fingerprint density at radius 1 is 1.38 bits per heavy atom. The van der Waals surface area contributed by atoms with Gasteiger partial charge in [0.2, 0.25) is 0 Å². The molecule has 2 atom stereocenters. The summed E-state index contributed by atoms with van der Waals surface area (Å²) in [6.07, 6.45) is 2.60. The first-order valence-electron chi connectivity index (χ1n) is 5.61. The van der Waals surface area contributed by atoms with Crippen molar-refractivity contribution in [3.8, 4) is 5.75 Å². The summed E-state index contributed by atoms with van der Waals surface area (Å²) in [7, 11) is 1.66. The maximum absolute atomic E-state index is 6.51. The fourth-order valence-corrected chi connectivity index (χ4v) is 2.62. The van der Waals surface area contributed by atoms with Crippen LogP contribution in [0.3, 0.4) is 0 Å². The number of rotatable bonds is 4. The Hall–Kier alpha value is -0.400. The number of ether oxygens (including phenoxy) is 1. The van der Waals surface area contributed by atoms with Gasteiger partial charge in [-0.25, -0.2) is 0 Å². The first-order chi connectivity index (χ1) is 7.63. The van der Waals surface area contributed by atoms with Gasteiger partial charge in [-0.3, -0.25) is 0 Å². The van der Waals surface area contributed by atoms with Crippen molar-refractivity contribution in [2.24, 2.45) is 11.8 Å². The van der Waals surface area contributed by atoms with Gasteiger partial charge in [0.05, 0.1) is 12.5 Å². The van der Waals surface area contributed by atoms with Crippen LogP contribution in [0.1, 0.15) is 30.7 Å². The third-order valence-electron chi connectivity index (χ3n) is 3.32. The summed E-state index contributed by atoms with van der Waals surface area (Å²) in [4.78, 5) is 0. The van der Waals surface area contributed by atoms with Gasteiger partial charge in [0.25, 0.3) is 0 Å². The van der Waals surface area contributed by atoms with E-state index in [0.29, 0.717) is 10.9 Å². The van der Waals surface area contributed by atoms with Gasteiger partial charge in [-0.15, -0.1) is 11.6 Å². The standard InChI is InChI=1S/C13H16Cl2O/c1-8(9-3-4-9)13(15)11-7-10(14)5-6-12(11)16-2/h5-9,13H,3-4H2,1-2H3. The van der Waals surface area contributed by atoms with Crippen LogP contribution in [-0.4, -0.2) is 7.11 Å². The maximum atomic E-state index is 6.51. The first-order valence-corrected chi connectivity index (χ1v) is 6.42. The molecule has 0 aliphatic heterocycles. The zero-order chi connectivity index (χ0) is 11.7. The van der Waals surface area contributed by atoms with Crippen LogP contribution >= 0.6 is 23.2 Å². The summed E-state index contributed by atoms with van der Waals surface area (Å²) in [6, 6.07) is 5.62. The van der Waals surface area contributed by atoms with E-state index in [4.69, 9.17) is 27.9 Å². The summed E-state index contributed by atoms with van der Waals surface area (Å²) in [5, 5.41) is 0.700. The van der Waals surface area contributed by atoms with Crippen LogP contribution in [0.4, 0.5) is 0 Å². The number of hydrogen-bond acceptors (Lipinski definition) is 1. The molecule has 88 valence electrons. The third kappa shape index (κ3) is 2.46. The lowest BCUT2D eigenvalue weighted by molar-refractivity contribution is 0.399. The molecular formula is C13H16Cl2O. The van der Waals surface area contributed by atoms with Crippen LogP contribution in [0.25, 0.3) is 0 Å². The van der Waals surface area contributed by atoms with E-state index >= 15 is 0 Å². The van der Waals surface area contributed by atoms with Crippen molar-refractivity contribution >= 4 is 23.2 Å². The van der Waals surface area contributed by atoms with Crippen LogP contribution < -0.4 is 4.74 Å². The number of benzene rings is 1. The van der Waals surface area contributed by atoms with Crippen LogP contribution in [-0.2, 0) is 0 Å². The highest BCUT2D eigenvalue weighted by molar-refractivity contribution is 6.31. The predicted molar refractivity (Wildman–Crippen MR) is 68.5 cm³/mol. The van der Waals surface area contributed by atoms with Crippen molar-refractivity contribution in [1.29, 1.82) is 0 Å². The van der Waals surface area contributed by atoms with Crippen LogP contribution in [0.5, 0.6) is 5.75 Å². The third-order valence-corrected chi connectivity index (χ3v) is 4.18. The van der Waals surface area contributed by atoms with E-state index in [0.717, 1.165) is 17.2 Å². The molecule has 1 aromatic carbocycles. The van der Waals surface area contributed by atoms with Crippen molar-refractivity contribution in [2.45, 2.75) is 25.1 Å². The van der Waals surface area contributed by atoms with E-state index in [9.17, 15) is 0 Å². The van der Waals surface area contributed by atoms with Crippen LogP contribution in [0.2, 0.25) is 5.02 Å². The molecule has 0 radical (unpaired) electrons. The van der Waals surface area contributed by atoms with Gasteiger partial charge in [-0.05, 0) is 42.9 Å². The molecule has 2 rings (SSSR count). The topological polar surface area (TPSA) is 9.23 Å². The van der Waals surface area contributed by atoms with E-state index in [1.54, 1.807) is 7.11 Å². The Kier molecular flexibility index (Phi) is 3.66. The van der Waals surface area contributed by atoms with Crippen molar-refractivity contribution in [3.05, 3.63) is 28.8 Å². The highest BCUT2D eigenvalue weighted by Crippen LogP contribution is 2.47. The minimum absolute atomic E-state index is 0.0128. The second kappa shape index (κ2) is 4.85. The van der Waals surface area contributed by atoms with E-state index in [-0.39, 0.29) is 5.38 Å². The molecule has 1 fully saturated rings. The van der Waals surface area contributed by atoms with Gasteiger partial charge in [0, 0.05) is 10.6 Å². The SMILES string of the molecule is COc1ccc(Cl)cc1C(Cl)C(C)C1CC1. The highest BCUT2D eigenvalue weighted by Gasteiger charge is 2.34. The summed E-state index contributed by atoms with van der Waals surface area (Å²) in [5.41, 5.74) is 1.01. The largest absolute Gasteiger partial charge is 0.496 e. The molecule has 16 heavy (non-hydrogen) atoms. The van der Waals surface area contributed by atoms with Crippen molar-refractivity contribution < 1.29 is 4.74 Å². The monoisotopic (exact) mass is 258 g/mol. The van der Waals surface area contributed by atoms with Gasteiger partial charge in [0.1, 0.15) is 5.75 Å². The van der Waals surface area contributed by atoms with Gasteiger partial charge < -0.3 is 4.74 Å². The predicted octanol–water partition coefficient (Wildman–Crippen LogP) is 4.67. The van der Waals surface area contributed by atoms with Crippen molar-refractivity contribution in [2.75, 3.05) is 7.11 Å². The zero-order valence-electron chi connectivity index (χ0n) is 9.54. The fourth-order valence-electron chi connectivity index (χ4n) is 2.06. The molecule has 0 aromatic heterocycles. The van der Waals surface area contributed by atoms with Crippen LogP contribution in [0.15, 0.2) is 18.2 Å². The number of methoxy groups -OCH3 is 1. The van der Waals surface area contributed by atoms with Crippen molar-refractivity contribution in [1.82, 2.24) is 0 Å². The smallest absolute Gasteiger partial charge is 0.123 e. The minimum atomic E-state index is -0.0128. The Bertz CT molecular complexity index is 374. The second-order valence-corrected chi connectivity index (χ2v) is 5.39. The van der Waals surface area contributed by atoms with E-state index < -0.39 is 0 Å². The molecule has 1 saturated carbocycles. The minimum Gasteiger partial charge on any atom is -0.496 e. The molecule has 1 aliphatic rings. The Labute approximate surface area is 107 Å². The molecular weight excluding hydrogens is 243 g/mol. The summed E-state index contributed by atoms with van der Waals surface area (Å²) >= 11 is 12.5. The number of halogens is 2. The molecule has 0 saturated heterocycles. The highest BCUT2D eigenvalue weighted by atomic mass is 35.5.